The number of carbonyl (C=O) groups excluding carboxylic acids is 1. The van der Waals surface area contributed by atoms with Crippen LogP contribution in [0.5, 0.6) is 0 Å². The molecule has 0 spiro atoms. The van der Waals surface area contributed by atoms with Gasteiger partial charge in [-0.1, -0.05) is 59.8 Å². The van der Waals surface area contributed by atoms with E-state index >= 15 is 0 Å². The van der Waals surface area contributed by atoms with Gasteiger partial charge in [0.1, 0.15) is 6.04 Å². The molecule has 35 heavy (non-hydrogen) atoms. The van der Waals surface area contributed by atoms with Crippen LogP contribution in [0.2, 0.25) is 0 Å². The Morgan fingerprint density at radius 1 is 1.00 bits per heavy atom. The number of rotatable bonds is 6. The Hall–Kier alpha value is -3.65. The Kier molecular flexibility index (Phi) is 7.21. The lowest BCUT2D eigenvalue weighted by atomic mass is 10.00. The summed E-state index contributed by atoms with van der Waals surface area (Å²) in [7, 11) is 1.95. The number of pyridine rings is 1. The second-order valence-electron chi connectivity index (χ2n) is 8.80. The maximum Gasteiger partial charge on any atom is 0.246 e. The highest BCUT2D eigenvalue weighted by atomic mass is 32.1. The van der Waals surface area contributed by atoms with Crippen molar-refractivity contribution in [3.05, 3.63) is 89.5 Å². The van der Waals surface area contributed by atoms with Crippen molar-refractivity contribution < 1.29 is 4.79 Å². The highest BCUT2D eigenvalue weighted by molar-refractivity contribution is 7.59. The molecule has 1 aliphatic rings. The van der Waals surface area contributed by atoms with Crippen LogP contribution in [0.4, 0.5) is 11.4 Å². The molecule has 5 rings (SSSR count). The second-order valence-corrected chi connectivity index (χ2v) is 8.80. The zero-order valence-electron chi connectivity index (χ0n) is 20.2. The Morgan fingerprint density at radius 3 is 2.51 bits per heavy atom. The van der Waals surface area contributed by atoms with Crippen LogP contribution in [-0.2, 0) is 24.2 Å². The fourth-order valence-electron chi connectivity index (χ4n) is 4.41. The third-order valence-corrected chi connectivity index (χ3v) is 6.48. The number of hydrogen-bond acceptors (Lipinski definition) is 5. The van der Waals surface area contributed by atoms with E-state index in [9.17, 15) is 4.79 Å². The Balaban J connectivity index is 0.00000289. The molecule has 0 radical (unpaired) electrons. The van der Waals surface area contributed by atoms with Crippen LogP contribution in [0.15, 0.2) is 66.9 Å². The Morgan fingerprint density at radius 2 is 1.71 bits per heavy atom. The van der Waals surface area contributed by atoms with Crippen LogP contribution in [0.1, 0.15) is 29.6 Å². The highest BCUT2D eigenvalue weighted by Crippen LogP contribution is 2.33. The summed E-state index contributed by atoms with van der Waals surface area (Å²) in [6, 6.07) is 20.7. The maximum atomic E-state index is 12.2. The zero-order valence-corrected chi connectivity index (χ0v) is 21.2. The second kappa shape index (κ2) is 10.3. The number of aryl methyl sites for hydroxylation is 3. The zero-order chi connectivity index (χ0) is 23.7. The first kappa shape index (κ1) is 24.5. The molecule has 1 amide bonds. The maximum absolute atomic E-state index is 12.2. The molecule has 2 aromatic carbocycles. The molecule has 0 bridgehead atoms. The van der Waals surface area contributed by atoms with Gasteiger partial charge in [0.25, 0.3) is 0 Å². The van der Waals surface area contributed by atoms with Gasteiger partial charge < -0.3 is 10.2 Å². The van der Waals surface area contributed by atoms with Crippen molar-refractivity contribution in [3.8, 4) is 11.1 Å². The van der Waals surface area contributed by atoms with Crippen molar-refractivity contribution in [3.63, 3.8) is 0 Å². The number of amides is 1. The van der Waals surface area contributed by atoms with Crippen molar-refractivity contribution in [2.24, 2.45) is 0 Å². The molecule has 0 saturated heterocycles. The number of nitrogens with one attached hydrogen (secondary N) is 1. The normalized spacial score (nSPS) is 14.8. The van der Waals surface area contributed by atoms with E-state index in [4.69, 9.17) is 4.98 Å². The number of nitrogens with zero attached hydrogens (tertiary/aromatic N) is 5. The van der Waals surface area contributed by atoms with E-state index in [1.54, 1.807) is 0 Å². The quantitative estimate of drug-likeness (QED) is 0.438. The lowest BCUT2D eigenvalue weighted by Gasteiger charge is -2.34. The Labute approximate surface area is 212 Å². The monoisotopic (exact) mass is 486 g/mol. The summed E-state index contributed by atoms with van der Waals surface area (Å²) in [5, 5.41) is 11.7. The summed E-state index contributed by atoms with van der Waals surface area (Å²) in [6.07, 6.45) is 3.52. The topological polar surface area (TPSA) is 75.9 Å². The van der Waals surface area contributed by atoms with E-state index in [0.717, 1.165) is 41.3 Å². The van der Waals surface area contributed by atoms with Crippen molar-refractivity contribution in [1.82, 2.24) is 20.0 Å². The van der Waals surface area contributed by atoms with Gasteiger partial charge in [0.15, 0.2) is 0 Å². The Bertz CT molecular complexity index is 1340. The molecule has 0 fully saturated rings. The van der Waals surface area contributed by atoms with Crippen LogP contribution in [0, 0.1) is 6.92 Å². The largest absolute Gasteiger partial charge is 0.361 e. The summed E-state index contributed by atoms with van der Waals surface area (Å²) in [4.78, 5) is 18.9. The summed E-state index contributed by atoms with van der Waals surface area (Å²) >= 11 is 0. The number of hydrogen-bond donors (Lipinski definition) is 1. The van der Waals surface area contributed by atoms with E-state index in [1.807, 2.05) is 42.7 Å². The summed E-state index contributed by atoms with van der Waals surface area (Å²) < 4.78 is 1.90. The van der Waals surface area contributed by atoms with Gasteiger partial charge in [-0.3, -0.25) is 9.78 Å². The molecule has 0 aliphatic carbocycles. The smallest absolute Gasteiger partial charge is 0.246 e. The van der Waals surface area contributed by atoms with Crippen LogP contribution < -0.4 is 10.2 Å². The van der Waals surface area contributed by atoms with Gasteiger partial charge in [0.2, 0.25) is 5.91 Å². The third kappa shape index (κ3) is 5.07. The predicted molar refractivity (Wildman–Crippen MR) is 144 cm³/mol. The number of carbonyl (C=O) groups is 1. The number of aromatic nitrogens is 4. The van der Waals surface area contributed by atoms with E-state index in [2.05, 4.69) is 70.2 Å². The minimum Gasteiger partial charge on any atom is -0.361 e. The standard InChI is InChI=1S/C27H28N6O.H2S/c1-18-26-25(32(3)19(2)27(34)29-26)15-22(28-18)13-14-23-17-33(31-30-23)16-21-11-7-8-12-24(21)20-9-5-4-6-10-20;/h4-12,15,17,19H,13-14,16H2,1-3H3,(H,29,34);1H2/t19-;/m0./s1. The van der Waals surface area contributed by atoms with Gasteiger partial charge in [0, 0.05) is 18.9 Å². The minimum absolute atomic E-state index is 0. The summed E-state index contributed by atoms with van der Waals surface area (Å²) in [5.74, 6) is -0.00176. The molecule has 0 saturated carbocycles. The summed E-state index contributed by atoms with van der Waals surface area (Å²) in [5.41, 5.74) is 8.17. The van der Waals surface area contributed by atoms with Crippen molar-refractivity contribution in [2.75, 3.05) is 17.3 Å². The molecular weight excluding hydrogens is 456 g/mol. The lowest BCUT2D eigenvalue weighted by molar-refractivity contribution is -0.117. The van der Waals surface area contributed by atoms with Crippen molar-refractivity contribution in [2.45, 2.75) is 39.3 Å². The SMILES string of the molecule is Cc1nc(CCc2cn(Cc3ccccc3-c3ccccc3)nn2)cc2c1NC(=O)[C@H](C)N2C.S. The molecule has 4 aromatic rings. The molecule has 1 atom stereocenters. The van der Waals surface area contributed by atoms with Gasteiger partial charge in [-0.2, -0.15) is 13.5 Å². The first-order chi connectivity index (χ1) is 16.5. The average molecular weight is 487 g/mol. The van der Waals surface area contributed by atoms with Crippen LogP contribution in [0.25, 0.3) is 11.1 Å². The highest BCUT2D eigenvalue weighted by Gasteiger charge is 2.28. The molecule has 2 aromatic heterocycles. The molecule has 180 valence electrons. The first-order valence-electron chi connectivity index (χ1n) is 11.6. The van der Waals surface area contributed by atoms with E-state index in [0.29, 0.717) is 6.54 Å². The number of anilines is 2. The van der Waals surface area contributed by atoms with Crippen molar-refractivity contribution in [1.29, 1.82) is 0 Å². The third-order valence-electron chi connectivity index (χ3n) is 6.48. The number of benzene rings is 2. The molecule has 1 N–H and O–H groups in total. The van der Waals surface area contributed by atoms with Crippen LogP contribution in [-0.4, -0.2) is 39.0 Å². The molecule has 8 heteroatoms. The predicted octanol–water partition coefficient (Wildman–Crippen LogP) is 4.37. The van der Waals surface area contributed by atoms with Gasteiger partial charge in [-0.05, 0) is 49.4 Å². The molecule has 7 nitrogen and oxygen atoms in total. The number of fused-ring (bicyclic) bond motifs is 1. The van der Waals surface area contributed by atoms with Gasteiger partial charge >= 0.3 is 0 Å². The van der Waals surface area contributed by atoms with Gasteiger partial charge in [-0.25, -0.2) is 4.68 Å². The lowest BCUT2D eigenvalue weighted by Crippen LogP contribution is -2.44. The van der Waals surface area contributed by atoms with Crippen molar-refractivity contribution >= 4 is 30.8 Å². The first-order valence-corrected chi connectivity index (χ1v) is 11.6. The van der Waals surface area contributed by atoms with Gasteiger partial charge in [-0.15, -0.1) is 5.10 Å². The number of likely N-dealkylation sites (N-methyl/N-ethyl adjacent to an activating group) is 1. The van der Waals surface area contributed by atoms with Crippen LogP contribution >= 0.6 is 13.5 Å². The fraction of sp³-hybridized carbons (Fsp3) is 0.259. The summed E-state index contributed by atoms with van der Waals surface area (Å²) in [6.45, 7) is 4.51. The minimum atomic E-state index is -0.208. The molecule has 0 unspecified atom stereocenters. The average Bonchev–Trinajstić information content (AvgIpc) is 3.30. The fourth-order valence-corrected chi connectivity index (χ4v) is 4.41. The van der Waals surface area contributed by atoms with Gasteiger partial charge in [0.05, 0.1) is 29.3 Å². The molecule has 3 heterocycles. The molecule has 1 aliphatic heterocycles. The van der Waals surface area contributed by atoms with Crippen LogP contribution in [0.3, 0.4) is 0 Å². The van der Waals surface area contributed by atoms with E-state index in [1.165, 1.54) is 16.7 Å². The van der Waals surface area contributed by atoms with E-state index in [-0.39, 0.29) is 25.4 Å². The van der Waals surface area contributed by atoms with E-state index < -0.39 is 0 Å². The molecular formula is C27H30N6OS.